The first-order valence-electron chi connectivity index (χ1n) is 5.85. The first-order chi connectivity index (χ1) is 8.20. The molecule has 1 saturated heterocycles. The van der Waals surface area contributed by atoms with Crippen molar-refractivity contribution in [3.8, 4) is 0 Å². The van der Waals surface area contributed by atoms with E-state index in [4.69, 9.17) is 0 Å². The van der Waals surface area contributed by atoms with Crippen molar-refractivity contribution in [2.45, 2.75) is 39.0 Å². The van der Waals surface area contributed by atoms with E-state index < -0.39 is 0 Å². The monoisotopic (exact) mass is 253 g/mol. The molecule has 17 heavy (non-hydrogen) atoms. The van der Waals surface area contributed by atoms with Gasteiger partial charge >= 0.3 is 0 Å². The van der Waals surface area contributed by atoms with Gasteiger partial charge in [-0.3, -0.25) is 14.5 Å². The number of hydrogen-bond acceptors (Lipinski definition) is 5. The number of nitrogens with zero attached hydrogens (tertiary/aromatic N) is 3. The molecule has 5 nitrogen and oxygen atoms in total. The van der Waals surface area contributed by atoms with Crippen molar-refractivity contribution >= 4 is 28.2 Å². The molecule has 1 aliphatic heterocycles. The number of rotatable bonds is 5. The number of Topliss-reactive ketones (excluding diaryl/α,β-unsaturated/α-hetero) is 1. The highest BCUT2D eigenvalue weighted by Gasteiger charge is 2.30. The predicted molar refractivity (Wildman–Crippen MR) is 65.1 cm³/mol. The zero-order chi connectivity index (χ0) is 12.3. The topological polar surface area (TPSA) is 63.2 Å². The van der Waals surface area contributed by atoms with E-state index in [2.05, 4.69) is 17.1 Å². The molecular formula is C11H15N3O2S. The Morgan fingerprint density at radius 3 is 2.76 bits per heavy atom. The third-order valence-corrected chi connectivity index (χ3v) is 3.67. The van der Waals surface area contributed by atoms with Crippen molar-refractivity contribution in [2.24, 2.45) is 0 Å². The molecule has 1 aromatic rings. The zero-order valence-electron chi connectivity index (χ0n) is 9.81. The van der Waals surface area contributed by atoms with Gasteiger partial charge in [0.25, 0.3) is 0 Å². The van der Waals surface area contributed by atoms with Crippen LogP contribution in [0.1, 0.15) is 37.6 Å². The fraction of sp³-hybridized carbons (Fsp3) is 0.636. The molecule has 0 radical (unpaired) electrons. The van der Waals surface area contributed by atoms with Gasteiger partial charge in [-0.1, -0.05) is 31.1 Å². The minimum Gasteiger partial charge on any atom is -0.297 e. The van der Waals surface area contributed by atoms with Crippen LogP contribution in [0, 0.1) is 0 Å². The van der Waals surface area contributed by atoms with Crippen molar-refractivity contribution in [2.75, 3.05) is 11.4 Å². The van der Waals surface area contributed by atoms with Gasteiger partial charge in [0, 0.05) is 6.42 Å². The van der Waals surface area contributed by atoms with Crippen molar-refractivity contribution in [3.05, 3.63) is 5.01 Å². The van der Waals surface area contributed by atoms with E-state index in [-0.39, 0.29) is 24.7 Å². The Morgan fingerprint density at radius 1 is 1.29 bits per heavy atom. The number of carbonyl (C=O) groups is 2. The summed E-state index contributed by atoms with van der Waals surface area (Å²) in [5.74, 6) is -0.205. The molecule has 0 saturated carbocycles. The molecule has 1 aliphatic rings. The predicted octanol–water partition coefficient (Wildman–Crippen LogP) is 1.58. The molecule has 1 amide bonds. The molecule has 0 spiro atoms. The van der Waals surface area contributed by atoms with Gasteiger partial charge in [-0.05, 0) is 6.42 Å². The van der Waals surface area contributed by atoms with Gasteiger partial charge in [-0.2, -0.15) is 0 Å². The van der Waals surface area contributed by atoms with Crippen molar-refractivity contribution in [1.82, 2.24) is 10.2 Å². The second-order valence-corrected chi connectivity index (χ2v) is 5.17. The summed E-state index contributed by atoms with van der Waals surface area (Å²) < 4.78 is 0. The first kappa shape index (κ1) is 12.2. The zero-order valence-corrected chi connectivity index (χ0v) is 10.6. The van der Waals surface area contributed by atoms with E-state index >= 15 is 0 Å². The molecule has 0 aliphatic carbocycles. The van der Waals surface area contributed by atoms with Crippen molar-refractivity contribution < 1.29 is 9.59 Å². The maximum Gasteiger partial charge on any atom is 0.236 e. The molecule has 1 aromatic heterocycles. The lowest BCUT2D eigenvalue weighted by atomic mass is 10.2. The van der Waals surface area contributed by atoms with Crippen LogP contribution in [0.25, 0.3) is 0 Å². The quantitative estimate of drug-likeness (QED) is 0.590. The number of ketones is 1. The summed E-state index contributed by atoms with van der Waals surface area (Å²) in [5.41, 5.74) is 0. The second kappa shape index (κ2) is 5.35. The first-order valence-corrected chi connectivity index (χ1v) is 6.66. The summed E-state index contributed by atoms with van der Waals surface area (Å²) >= 11 is 1.42. The smallest absolute Gasteiger partial charge is 0.236 e. The van der Waals surface area contributed by atoms with Gasteiger partial charge in [0.2, 0.25) is 11.0 Å². The van der Waals surface area contributed by atoms with Gasteiger partial charge in [0.05, 0.1) is 13.0 Å². The summed E-state index contributed by atoms with van der Waals surface area (Å²) in [6, 6.07) is 0. The lowest BCUT2D eigenvalue weighted by Gasteiger charge is -2.07. The lowest BCUT2D eigenvalue weighted by molar-refractivity contribution is -0.121. The molecule has 92 valence electrons. The van der Waals surface area contributed by atoms with Crippen LogP contribution < -0.4 is 4.90 Å². The molecule has 2 rings (SSSR count). The van der Waals surface area contributed by atoms with E-state index in [0.29, 0.717) is 5.13 Å². The molecular weight excluding hydrogens is 238 g/mol. The SMILES string of the molecule is CCCCCc1nnc(N2CC(=O)CC2=O)s1. The molecule has 0 atom stereocenters. The Balaban J connectivity index is 1.98. The largest absolute Gasteiger partial charge is 0.297 e. The summed E-state index contributed by atoms with van der Waals surface area (Å²) in [6.07, 6.45) is 4.35. The summed E-state index contributed by atoms with van der Waals surface area (Å²) in [4.78, 5) is 24.1. The number of hydrogen-bond donors (Lipinski definition) is 0. The Kier molecular flexibility index (Phi) is 3.83. The Bertz CT molecular complexity index is 430. The fourth-order valence-corrected chi connectivity index (χ4v) is 2.64. The third kappa shape index (κ3) is 2.88. The molecule has 0 N–H and O–H groups in total. The fourth-order valence-electron chi connectivity index (χ4n) is 1.74. The van der Waals surface area contributed by atoms with E-state index in [0.717, 1.165) is 17.8 Å². The minimum atomic E-state index is -0.161. The third-order valence-electron chi connectivity index (χ3n) is 2.67. The van der Waals surface area contributed by atoms with Gasteiger partial charge in [-0.15, -0.1) is 10.2 Å². The number of amides is 1. The average Bonchev–Trinajstić information content (AvgIpc) is 2.86. The number of anilines is 1. The summed E-state index contributed by atoms with van der Waals surface area (Å²) in [5, 5.41) is 9.55. The van der Waals surface area contributed by atoms with Gasteiger partial charge in [-0.25, -0.2) is 0 Å². The Hall–Kier alpha value is -1.30. The molecule has 1 fully saturated rings. The van der Waals surface area contributed by atoms with Crippen LogP contribution in [0.2, 0.25) is 0 Å². The molecule has 0 bridgehead atoms. The highest BCUT2D eigenvalue weighted by molar-refractivity contribution is 7.15. The van der Waals surface area contributed by atoms with Gasteiger partial charge in [0.15, 0.2) is 5.78 Å². The molecule has 6 heteroatoms. The van der Waals surface area contributed by atoms with Crippen LogP contribution in [0.3, 0.4) is 0 Å². The van der Waals surface area contributed by atoms with E-state index in [1.807, 2.05) is 0 Å². The van der Waals surface area contributed by atoms with Crippen LogP contribution in [0.5, 0.6) is 0 Å². The molecule has 0 unspecified atom stereocenters. The number of unbranched alkanes of at least 4 members (excludes halogenated alkanes) is 2. The summed E-state index contributed by atoms with van der Waals surface area (Å²) in [6.45, 7) is 2.31. The van der Waals surface area contributed by atoms with Crippen molar-refractivity contribution in [3.63, 3.8) is 0 Å². The van der Waals surface area contributed by atoms with Crippen LogP contribution in [0.4, 0.5) is 5.13 Å². The molecule has 2 heterocycles. The van der Waals surface area contributed by atoms with Gasteiger partial charge in [0.1, 0.15) is 5.01 Å². The second-order valence-electron chi connectivity index (χ2n) is 4.13. The maximum absolute atomic E-state index is 11.5. The van der Waals surface area contributed by atoms with Crippen LogP contribution in [-0.4, -0.2) is 28.4 Å². The van der Waals surface area contributed by atoms with Crippen molar-refractivity contribution in [1.29, 1.82) is 0 Å². The highest BCUT2D eigenvalue weighted by Crippen LogP contribution is 2.24. The number of aryl methyl sites for hydroxylation is 1. The van der Waals surface area contributed by atoms with Crippen LogP contribution >= 0.6 is 11.3 Å². The number of aromatic nitrogens is 2. The standard InChI is InChI=1S/C11H15N3O2S/c1-2-3-4-5-9-12-13-11(17-9)14-7-8(15)6-10(14)16/h2-7H2,1H3. The van der Waals surface area contributed by atoms with E-state index in [1.54, 1.807) is 0 Å². The maximum atomic E-state index is 11.5. The molecule has 0 aromatic carbocycles. The average molecular weight is 253 g/mol. The van der Waals surface area contributed by atoms with E-state index in [1.165, 1.54) is 29.1 Å². The van der Waals surface area contributed by atoms with Crippen LogP contribution in [0.15, 0.2) is 0 Å². The van der Waals surface area contributed by atoms with Crippen LogP contribution in [-0.2, 0) is 16.0 Å². The lowest BCUT2D eigenvalue weighted by Crippen LogP contribution is -2.24. The Morgan fingerprint density at radius 2 is 2.12 bits per heavy atom. The highest BCUT2D eigenvalue weighted by atomic mass is 32.1. The number of carbonyl (C=O) groups excluding carboxylic acids is 2. The van der Waals surface area contributed by atoms with Gasteiger partial charge < -0.3 is 0 Å². The van der Waals surface area contributed by atoms with E-state index in [9.17, 15) is 9.59 Å². The normalized spacial score (nSPS) is 15.9. The Labute approximate surface area is 104 Å². The minimum absolute atomic E-state index is 0.00471. The summed E-state index contributed by atoms with van der Waals surface area (Å²) in [7, 11) is 0.